The lowest BCUT2D eigenvalue weighted by Gasteiger charge is -2.36. The van der Waals surface area contributed by atoms with Gasteiger partial charge in [-0.15, -0.1) is 12.4 Å². The Labute approximate surface area is 158 Å². The Balaban J connectivity index is 0.00000196. The van der Waals surface area contributed by atoms with Crippen LogP contribution in [0.2, 0.25) is 0 Å². The zero-order chi connectivity index (χ0) is 17.1. The average Bonchev–Trinajstić information content (AvgIpc) is 2.93. The molecule has 0 bridgehead atoms. The first kappa shape index (κ1) is 18.5. The molecule has 1 saturated heterocycles. The quantitative estimate of drug-likeness (QED) is 0.873. The minimum atomic E-state index is -0.0223. The lowest BCUT2D eigenvalue weighted by Crippen LogP contribution is -2.48. The number of nitrogens with zero attached hydrogens (tertiary/aromatic N) is 2. The maximum Gasteiger partial charge on any atom is 0.254 e. The highest BCUT2D eigenvalue weighted by Crippen LogP contribution is 2.32. The number of amides is 1. The number of hydrogen-bond acceptors (Lipinski definition) is 5. The fourth-order valence-corrected chi connectivity index (χ4v) is 3.28. The van der Waals surface area contributed by atoms with Gasteiger partial charge in [0.15, 0.2) is 11.5 Å². The molecule has 0 spiro atoms. The van der Waals surface area contributed by atoms with Gasteiger partial charge in [0.2, 0.25) is 0 Å². The van der Waals surface area contributed by atoms with Crippen molar-refractivity contribution >= 4 is 18.3 Å². The third-order valence-electron chi connectivity index (χ3n) is 4.57. The van der Waals surface area contributed by atoms with E-state index in [4.69, 9.17) is 9.47 Å². The first-order valence-corrected chi connectivity index (χ1v) is 8.64. The maximum atomic E-state index is 13.1. The lowest BCUT2D eigenvalue weighted by molar-refractivity contribution is 0.0633. The molecule has 0 saturated carbocycles. The second kappa shape index (κ2) is 8.38. The fraction of sp³-hybridized carbons (Fsp3) is 0.368. The van der Waals surface area contributed by atoms with Gasteiger partial charge in [0, 0.05) is 44.0 Å². The van der Waals surface area contributed by atoms with Crippen LogP contribution in [0.5, 0.6) is 11.5 Å². The molecule has 0 radical (unpaired) electrons. The first-order valence-electron chi connectivity index (χ1n) is 8.64. The van der Waals surface area contributed by atoms with E-state index in [1.807, 2.05) is 35.4 Å². The van der Waals surface area contributed by atoms with Crippen LogP contribution >= 0.6 is 12.4 Å². The summed E-state index contributed by atoms with van der Waals surface area (Å²) in [6, 6.07) is 9.34. The predicted octanol–water partition coefficient (Wildman–Crippen LogP) is 2.45. The highest BCUT2D eigenvalue weighted by atomic mass is 35.5. The molecule has 26 heavy (non-hydrogen) atoms. The highest BCUT2D eigenvalue weighted by molar-refractivity contribution is 5.95. The number of benzene rings is 1. The third-order valence-corrected chi connectivity index (χ3v) is 4.57. The third kappa shape index (κ3) is 3.76. The van der Waals surface area contributed by atoms with Crippen LogP contribution in [0, 0.1) is 0 Å². The molecule has 2 aliphatic rings. The fourth-order valence-electron chi connectivity index (χ4n) is 3.28. The number of rotatable bonds is 2. The van der Waals surface area contributed by atoms with Gasteiger partial charge in [-0.1, -0.05) is 6.07 Å². The van der Waals surface area contributed by atoms with E-state index in [1.165, 1.54) is 0 Å². The van der Waals surface area contributed by atoms with Gasteiger partial charge in [-0.25, -0.2) is 0 Å². The number of piperazine rings is 1. The van der Waals surface area contributed by atoms with E-state index in [9.17, 15) is 4.79 Å². The molecular formula is C19H22ClN3O3. The molecule has 2 aromatic rings. The number of pyridine rings is 1. The second-order valence-electron chi connectivity index (χ2n) is 6.22. The van der Waals surface area contributed by atoms with Gasteiger partial charge < -0.3 is 19.7 Å². The van der Waals surface area contributed by atoms with Crippen molar-refractivity contribution in [3.05, 3.63) is 53.9 Å². The molecule has 1 aromatic carbocycles. The topological polar surface area (TPSA) is 63.7 Å². The van der Waals surface area contributed by atoms with E-state index < -0.39 is 0 Å². The summed E-state index contributed by atoms with van der Waals surface area (Å²) in [4.78, 5) is 19.2. The Bertz CT molecular complexity index is 757. The van der Waals surface area contributed by atoms with Crippen LogP contribution in [-0.2, 0) is 0 Å². The minimum Gasteiger partial charge on any atom is -0.490 e. The second-order valence-corrected chi connectivity index (χ2v) is 6.22. The number of fused-ring (bicyclic) bond motifs is 1. The van der Waals surface area contributed by atoms with Crippen LogP contribution in [0.25, 0.3) is 0 Å². The molecule has 6 nitrogen and oxygen atoms in total. The predicted molar refractivity (Wildman–Crippen MR) is 100 cm³/mol. The summed E-state index contributed by atoms with van der Waals surface area (Å²) in [6.07, 6.45) is 4.42. The van der Waals surface area contributed by atoms with Crippen molar-refractivity contribution in [2.75, 3.05) is 32.8 Å². The highest BCUT2D eigenvalue weighted by Gasteiger charge is 2.29. The molecule has 138 valence electrons. The summed E-state index contributed by atoms with van der Waals surface area (Å²) in [7, 11) is 0. The molecule has 7 heteroatoms. The molecule has 4 rings (SSSR count). The summed E-state index contributed by atoms with van der Waals surface area (Å²) in [5.41, 5.74) is 1.66. The van der Waals surface area contributed by atoms with Crippen molar-refractivity contribution in [3.8, 4) is 11.5 Å². The van der Waals surface area contributed by atoms with E-state index >= 15 is 0 Å². The van der Waals surface area contributed by atoms with Crippen molar-refractivity contribution in [2.24, 2.45) is 0 Å². The monoisotopic (exact) mass is 375 g/mol. The van der Waals surface area contributed by atoms with Crippen LogP contribution in [0.4, 0.5) is 0 Å². The molecule has 1 atom stereocenters. The van der Waals surface area contributed by atoms with Gasteiger partial charge in [0.05, 0.1) is 19.3 Å². The number of carbonyl (C=O) groups excluding carboxylic acids is 1. The van der Waals surface area contributed by atoms with E-state index in [0.29, 0.717) is 36.8 Å². The molecule has 1 amide bonds. The largest absolute Gasteiger partial charge is 0.490 e. The molecule has 2 aliphatic heterocycles. The zero-order valence-electron chi connectivity index (χ0n) is 14.4. The Morgan fingerprint density at radius 3 is 2.85 bits per heavy atom. The van der Waals surface area contributed by atoms with E-state index in [1.54, 1.807) is 12.3 Å². The van der Waals surface area contributed by atoms with Crippen LogP contribution < -0.4 is 14.8 Å². The van der Waals surface area contributed by atoms with E-state index in [-0.39, 0.29) is 24.4 Å². The molecule has 3 heterocycles. The number of carbonyl (C=O) groups is 1. The van der Waals surface area contributed by atoms with E-state index in [0.717, 1.165) is 25.1 Å². The van der Waals surface area contributed by atoms with Crippen molar-refractivity contribution in [2.45, 2.75) is 12.5 Å². The van der Waals surface area contributed by atoms with E-state index in [2.05, 4.69) is 10.3 Å². The smallest absolute Gasteiger partial charge is 0.254 e. The Morgan fingerprint density at radius 1 is 1.19 bits per heavy atom. The molecule has 0 aliphatic carbocycles. The van der Waals surface area contributed by atoms with Crippen molar-refractivity contribution in [1.82, 2.24) is 15.2 Å². The normalized spacial score (nSPS) is 19.2. The summed E-state index contributed by atoms with van der Waals surface area (Å²) in [5.74, 6) is 1.36. The Kier molecular flexibility index (Phi) is 5.96. The average molecular weight is 376 g/mol. The van der Waals surface area contributed by atoms with Crippen molar-refractivity contribution < 1.29 is 14.3 Å². The minimum absolute atomic E-state index is 0. The number of aromatic nitrogens is 1. The summed E-state index contributed by atoms with van der Waals surface area (Å²) in [6.45, 7) is 3.42. The van der Waals surface area contributed by atoms with Gasteiger partial charge in [-0.05, 0) is 29.8 Å². The molecule has 1 N–H and O–H groups in total. The molecular weight excluding hydrogens is 354 g/mol. The standard InChI is InChI=1S/C19H21N3O3.ClH/c23-19(14-4-5-17-18(11-14)25-10-2-9-24-17)22-8-7-21-13-16(22)15-3-1-6-20-12-15;/h1,3-6,11-12,16,21H,2,7-10,13H2;1H. The molecule has 1 fully saturated rings. The zero-order valence-corrected chi connectivity index (χ0v) is 15.2. The molecule has 1 aromatic heterocycles. The summed E-state index contributed by atoms with van der Waals surface area (Å²) >= 11 is 0. The summed E-state index contributed by atoms with van der Waals surface area (Å²) in [5, 5.41) is 3.36. The van der Waals surface area contributed by atoms with Crippen molar-refractivity contribution in [1.29, 1.82) is 0 Å². The van der Waals surface area contributed by atoms with Crippen LogP contribution in [0.15, 0.2) is 42.7 Å². The van der Waals surface area contributed by atoms with Crippen LogP contribution in [0.1, 0.15) is 28.4 Å². The van der Waals surface area contributed by atoms with Crippen LogP contribution in [0.3, 0.4) is 0 Å². The Morgan fingerprint density at radius 2 is 2.04 bits per heavy atom. The first-order chi connectivity index (χ1) is 12.3. The van der Waals surface area contributed by atoms with Gasteiger partial charge >= 0.3 is 0 Å². The van der Waals surface area contributed by atoms with Gasteiger partial charge in [-0.2, -0.15) is 0 Å². The maximum absolute atomic E-state index is 13.1. The number of hydrogen-bond donors (Lipinski definition) is 1. The van der Waals surface area contributed by atoms with Crippen LogP contribution in [-0.4, -0.2) is 48.6 Å². The van der Waals surface area contributed by atoms with Gasteiger partial charge in [-0.3, -0.25) is 9.78 Å². The summed E-state index contributed by atoms with van der Waals surface area (Å²) < 4.78 is 11.4. The Hall–Kier alpha value is -2.31. The number of ether oxygens (including phenoxy) is 2. The van der Waals surface area contributed by atoms with Gasteiger partial charge in [0.25, 0.3) is 5.91 Å². The molecule has 1 unspecified atom stereocenters. The van der Waals surface area contributed by atoms with Crippen molar-refractivity contribution in [3.63, 3.8) is 0 Å². The SMILES string of the molecule is Cl.O=C(c1ccc2c(c1)OCCCO2)N1CCNCC1c1cccnc1. The number of nitrogens with one attached hydrogen (secondary N) is 1. The number of halogens is 1. The van der Waals surface area contributed by atoms with Gasteiger partial charge in [0.1, 0.15) is 0 Å². The lowest BCUT2D eigenvalue weighted by atomic mass is 10.0.